The first kappa shape index (κ1) is 23.8. The Bertz CT molecular complexity index is 1220. The van der Waals surface area contributed by atoms with E-state index in [2.05, 4.69) is 4.74 Å². The normalized spacial score (nSPS) is 17.9. The second-order valence-corrected chi connectivity index (χ2v) is 8.44. The molecule has 0 aliphatic carbocycles. The molecular weight excluding hydrogens is 467 g/mol. The van der Waals surface area contributed by atoms with Gasteiger partial charge in [-0.25, -0.2) is 0 Å². The van der Waals surface area contributed by atoms with Crippen molar-refractivity contribution >= 4 is 23.3 Å². The number of methoxy groups -OCH3 is 1. The number of aryl methyl sites for hydroxylation is 1. The minimum Gasteiger partial charge on any atom is -0.469 e. The molecule has 3 aromatic rings. The number of alkyl halides is 3. The SMILES string of the molecule is COC(=O)[C@H]1CC(c2ccc(C)cc2Cl)=N[C@H]1c1ccc(-c2ccc(OC(F)(F)F)cc2)cc1. The van der Waals surface area contributed by atoms with Gasteiger partial charge >= 0.3 is 12.3 Å². The van der Waals surface area contributed by atoms with Crippen LogP contribution in [0.1, 0.15) is 29.2 Å². The molecule has 0 unspecified atom stereocenters. The maximum Gasteiger partial charge on any atom is 0.573 e. The van der Waals surface area contributed by atoms with E-state index in [4.69, 9.17) is 21.3 Å². The third-order valence-corrected chi connectivity index (χ3v) is 6.01. The molecule has 0 fully saturated rings. The highest BCUT2D eigenvalue weighted by Crippen LogP contribution is 2.39. The molecule has 1 aliphatic heterocycles. The van der Waals surface area contributed by atoms with Gasteiger partial charge in [-0.05, 0) is 47.4 Å². The van der Waals surface area contributed by atoms with E-state index in [0.717, 1.165) is 33.5 Å². The van der Waals surface area contributed by atoms with Crippen LogP contribution in [-0.4, -0.2) is 25.2 Å². The van der Waals surface area contributed by atoms with Crippen molar-refractivity contribution in [3.8, 4) is 16.9 Å². The summed E-state index contributed by atoms with van der Waals surface area (Å²) in [6, 6.07) is 18.3. The third-order valence-electron chi connectivity index (χ3n) is 5.70. The van der Waals surface area contributed by atoms with Crippen LogP contribution in [0.15, 0.2) is 71.7 Å². The zero-order valence-electron chi connectivity index (χ0n) is 18.4. The molecular formula is C26H21ClF3NO3. The minimum absolute atomic E-state index is 0.281. The average molecular weight is 488 g/mol. The number of hydrogen-bond donors (Lipinski definition) is 0. The number of halogens is 4. The van der Waals surface area contributed by atoms with Crippen LogP contribution in [0.5, 0.6) is 5.75 Å². The first-order chi connectivity index (χ1) is 16.1. The molecule has 0 spiro atoms. The Morgan fingerprint density at radius 3 is 2.18 bits per heavy atom. The van der Waals surface area contributed by atoms with Crippen LogP contribution in [0, 0.1) is 12.8 Å². The molecule has 176 valence electrons. The molecule has 3 aromatic carbocycles. The van der Waals surface area contributed by atoms with Crippen LogP contribution in [0.2, 0.25) is 5.02 Å². The van der Waals surface area contributed by atoms with Crippen molar-refractivity contribution in [1.82, 2.24) is 0 Å². The first-order valence-corrected chi connectivity index (χ1v) is 10.9. The summed E-state index contributed by atoms with van der Waals surface area (Å²) in [6.45, 7) is 1.95. The summed E-state index contributed by atoms with van der Waals surface area (Å²) in [4.78, 5) is 17.3. The summed E-state index contributed by atoms with van der Waals surface area (Å²) in [6.07, 6.45) is -4.33. The van der Waals surface area contributed by atoms with E-state index < -0.39 is 18.3 Å². The highest BCUT2D eigenvalue weighted by Gasteiger charge is 2.37. The van der Waals surface area contributed by atoms with Crippen molar-refractivity contribution < 1.29 is 27.4 Å². The summed E-state index contributed by atoms with van der Waals surface area (Å²) in [7, 11) is 1.35. The molecule has 0 saturated carbocycles. The fraction of sp³-hybridized carbons (Fsp3) is 0.231. The lowest BCUT2D eigenvalue weighted by atomic mass is 9.90. The quantitative estimate of drug-likeness (QED) is 0.366. The number of benzene rings is 3. The van der Waals surface area contributed by atoms with E-state index in [1.165, 1.54) is 19.2 Å². The van der Waals surface area contributed by atoms with Crippen LogP contribution in [-0.2, 0) is 9.53 Å². The van der Waals surface area contributed by atoms with Gasteiger partial charge in [-0.15, -0.1) is 13.2 Å². The van der Waals surface area contributed by atoms with Crippen molar-refractivity contribution in [3.63, 3.8) is 0 Å². The Morgan fingerprint density at radius 1 is 1.00 bits per heavy atom. The fourth-order valence-corrected chi connectivity index (χ4v) is 4.40. The van der Waals surface area contributed by atoms with Crippen molar-refractivity contribution in [2.24, 2.45) is 10.9 Å². The number of aliphatic imine (C=N–C) groups is 1. The highest BCUT2D eigenvalue weighted by atomic mass is 35.5. The largest absolute Gasteiger partial charge is 0.573 e. The Hall–Kier alpha value is -3.32. The van der Waals surface area contributed by atoms with Crippen molar-refractivity contribution in [2.75, 3.05) is 7.11 Å². The van der Waals surface area contributed by atoms with Crippen molar-refractivity contribution in [2.45, 2.75) is 25.7 Å². The summed E-state index contributed by atoms with van der Waals surface area (Å²) in [5.41, 5.74) is 4.93. The molecule has 0 saturated heterocycles. The molecule has 8 heteroatoms. The maximum atomic E-state index is 12.5. The summed E-state index contributed by atoms with van der Waals surface area (Å²) < 4.78 is 46.1. The van der Waals surface area contributed by atoms with Crippen LogP contribution < -0.4 is 4.74 Å². The number of nitrogens with zero attached hydrogens (tertiary/aromatic N) is 1. The standard InChI is InChI=1S/C26H21ClF3NO3/c1-15-3-12-20(22(27)13-15)23-14-21(25(32)33-2)24(31-23)18-6-4-16(5-7-18)17-8-10-19(11-9-17)34-26(28,29)30/h3-13,21,24H,14H2,1-2H3/t21-,24-/m0/s1. The van der Waals surface area contributed by atoms with E-state index in [-0.39, 0.29) is 11.7 Å². The Balaban J connectivity index is 1.60. The fourth-order valence-electron chi connectivity index (χ4n) is 4.06. The predicted molar refractivity (Wildman–Crippen MR) is 124 cm³/mol. The molecule has 0 amide bonds. The van der Waals surface area contributed by atoms with E-state index >= 15 is 0 Å². The van der Waals surface area contributed by atoms with Crippen LogP contribution >= 0.6 is 11.6 Å². The second kappa shape index (κ2) is 9.50. The number of carbonyl (C=O) groups excluding carboxylic acids is 1. The summed E-state index contributed by atoms with van der Waals surface area (Å²) in [5, 5.41) is 0.580. The number of hydrogen-bond acceptors (Lipinski definition) is 4. The molecule has 4 nitrogen and oxygen atoms in total. The predicted octanol–water partition coefficient (Wildman–Crippen LogP) is 6.94. The van der Waals surface area contributed by atoms with Gasteiger partial charge in [0.25, 0.3) is 0 Å². The number of esters is 1. The molecule has 0 N–H and O–H groups in total. The van der Waals surface area contributed by atoms with Gasteiger partial charge in [-0.1, -0.05) is 60.1 Å². The van der Waals surface area contributed by atoms with Gasteiger partial charge in [0.2, 0.25) is 0 Å². The van der Waals surface area contributed by atoms with Crippen LogP contribution in [0.25, 0.3) is 11.1 Å². The van der Waals surface area contributed by atoms with Crippen molar-refractivity contribution in [3.05, 3.63) is 88.4 Å². The molecule has 4 rings (SSSR count). The Labute approximate surface area is 200 Å². The monoisotopic (exact) mass is 487 g/mol. The van der Waals surface area contributed by atoms with Crippen LogP contribution in [0.4, 0.5) is 13.2 Å². The molecule has 2 atom stereocenters. The summed E-state index contributed by atoms with van der Waals surface area (Å²) in [5.74, 6) is -1.12. The van der Waals surface area contributed by atoms with Gasteiger partial charge in [0.05, 0.1) is 19.1 Å². The Kier molecular flexibility index (Phi) is 6.66. The molecule has 0 radical (unpaired) electrons. The van der Waals surface area contributed by atoms with Gasteiger partial charge in [0, 0.05) is 22.7 Å². The molecule has 0 bridgehead atoms. The van der Waals surface area contributed by atoms with E-state index in [1.54, 1.807) is 12.1 Å². The topological polar surface area (TPSA) is 47.9 Å². The van der Waals surface area contributed by atoms with E-state index in [0.29, 0.717) is 11.4 Å². The van der Waals surface area contributed by atoms with Gasteiger partial charge in [0.15, 0.2) is 0 Å². The first-order valence-electron chi connectivity index (χ1n) is 10.5. The molecule has 1 heterocycles. The number of ether oxygens (including phenoxy) is 2. The van der Waals surface area contributed by atoms with Gasteiger partial charge in [-0.2, -0.15) is 0 Å². The highest BCUT2D eigenvalue weighted by molar-refractivity contribution is 6.34. The van der Waals surface area contributed by atoms with Gasteiger partial charge in [0.1, 0.15) is 5.75 Å². The average Bonchev–Trinajstić information content (AvgIpc) is 3.23. The molecule has 1 aliphatic rings. The number of carbonyl (C=O) groups is 1. The minimum atomic E-state index is -4.73. The van der Waals surface area contributed by atoms with Crippen LogP contribution in [0.3, 0.4) is 0 Å². The third kappa shape index (κ3) is 5.25. The lowest BCUT2D eigenvalue weighted by molar-refractivity contribution is -0.274. The van der Waals surface area contributed by atoms with Gasteiger partial charge < -0.3 is 9.47 Å². The summed E-state index contributed by atoms with van der Waals surface area (Å²) >= 11 is 6.43. The lowest BCUT2D eigenvalue weighted by Crippen LogP contribution is -2.20. The van der Waals surface area contributed by atoms with Crippen molar-refractivity contribution in [1.29, 1.82) is 0 Å². The maximum absolute atomic E-state index is 12.5. The Morgan fingerprint density at radius 2 is 1.62 bits per heavy atom. The van der Waals surface area contributed by atoms with E-state index in [1.807, 2.05) is 49.4 Å². The zero-order chi connectivity index (χ0) is 24.5. The number of rotatable bonds is 5. The van der Waals surface area contributed by atoms with E-state index in [9.17, 15) is 18.0 Å². The lowest BCUT2D eigenvalue weighted by Gasteiger charge is -2.16. The van der Waals surface area contributed by atoms with Gasteiger partial charge in [-0.3, -0.25) is 9.79 Å². The molecule has 34 heavy (non-hydrogen) atoms. The second-order valence-electron chi connectivity index (χ2n) is 8.03. The molecule has 0 aromatic heterocycles. The smallest absolute Gasteiger partial charge is 0.469 e. The zero-order valence-corrected chi connectivity index (χ0v) is 19.2.